The Morgan fingerprint density at radius 1 is 1.00 bits per heavy atom. The molecule has 2 N–H and O–H groups in total. The van der Waals surface area contributed by atoms with Crippen molar-refractivity contribution in [3.8, 4) is 0 Å². The molecule has 0 bridgehead atoms. The van der Waals surface area contributed by atoms with Gasteiger partial charge in [0.1, 0.15) is 0 Å². The molecule has 3 heteroatoms. The van der Waals surface area contributed by atoms with Crippen molar-refractivity contribution in [1.29, 1.82) is 0 Å². The van der Waals surface area contributed by atoms with E-state index >= 15 is 0 Å². The molecule has 0 aromatic rings. The van der Waals surface area contributed by atoms with Crippen LogP contribution in [0.5, 0.6) is 0 Å². The standard InChI is InChI=1S/C15H31N3/c1-13(2)17-11-6-15(7-12-17)18-9-4-14(3-8-16)5-10-18/h13-15H,3-12,16H2,1-2H3. The number of nitrogens with two attached hydrogens (primary N) is 1. The van der Waals surface area contributed by atoms with Crippen molar-refractivity contribution < 1.29 is 0 Å². The molecule has 2 saturated heterocycles. The average Bonchev–Trinajstić information content (AvgIpc) is 2.40. The maximum atomic E-state index is 5.66. The highest BCUT2D eigenvalue weighted by Gasteiger charge is 2.28. The molecule has 0 aromatic heterocycles. The van der Waals surface area contributed by atoms with Gasteiger partial charge in [0.25, 0.3) is 0 Å². The van der Waals surface area contributed by atoms with Gasteiger partial charge in [-0.1, -0.05) is 0 Å². The number of nitrogens with zero attached hydrogens (tertiary/aromatic N) is 2. The van der Waals surface area contributed by atoms with Crippen molar-refractivity contribution in [3.63, 3.8) is 0 Å². The molecule has 0 spiro atoms. The summed E-state index contributed by atoms with van der Waals surface area (Å²) in [6.07, 6.45) is 6.74. The van der Waals surface area contributed by atoms with Crippen LogP contribution in [-0.2, 0) is 0 Å². The Balaban J connectivity index is 1.71. The topological polar surface area (TPSA) is 32.5 Å². The fourth-order valence-corrected chi connectivity index (χ4v) is 3.61. The van der Waals surface area contributed by atoms with Gasteiger partial charge in [-0.25, -0.2) is 0 Å². The van der Waals surface area contributed by atoms with Crippen LogP contribution in [0.4, 0.5) is 0 Å². The molecule has 3 nitrogen and oxygen atoms in total. The predicted octanol–water partition coefficient (Wildman–Crippen LogP) is 1.92. The molecule has 0 unspecified atom stereocenters. The molecule has 0 saturated carbocycles. The van der Waals surface area contributed by atoms with E-state index in [0.717, 1.165) is 24.5 Å². The van der Waals surface area contributed by atoms with Crippen LogP contribution in [-0.4, -0.2) is 54.6 Å². The lowest BCUT2D eigenvalue weighted by Gasteiger charge is -2.42. The third kappa shape index (κ3) is 3.69. The van der Waals surface area contributed by atoms with Crippen LogP contribution in [0.1, 0.15) is 46.0 Å². The number of likely N-dealkylation sites (tertiary alicyclic amines) is 2. The van der Waals surface area contributed by atoms with Gasteiger partial charge in [0.05, 0.1) is 0 Å². The van der Waals surface area contributed by atoms with Crippen LogP contribution in [0.15, 0.2) is 0 Å². The number of rotatable bonds is 4. The van der Waals surface area contributed by atoms with Gasteiger partial charge in [0.2, 0.25) is 0 Å². The minimum absolute atomic E-state index is 0.723. The molecule has 2 fully saturated rings. The van der Waals surface area contributed by atoms with E-state index in [1.165, 1.54) is 58.3 Å². The summed E-state index contributed by atoms with van der Waals surface area (Å²) in [7, 11) is 0. The summed E-state index contributed by atoms with van der Waals surface area (Å²) in [5.74, 6) is 0.905. The zero-order chi connectivity index (χ0) is 13.0. The van der Waals surface area contributed by atoms with Crippen molar-refractivity contribution in [3.05, 3.63) is 0 Å². The molecule has 0 aliphatic carbocycles. The molecule has 0 radical (unpaired) electrons. The number of hydrogen-bond donors (Lipinski definition) is 1. The molecule has 2 rings (SSSR count). The van der Waals surface area contributed by atoms with Crippen molar-refractivity contribution in [2.75, 3.05) is 32.7 Å². The smallest absolute Gasteiger partial charge is 0.0120 e. The van der Waals surface area contributed by atoms with Gasteiger partial charge in [-0.2, -0.15) is 0 Å². The highest BCUT2D eigenvalue weighted by Crippen LogP contribution is 2.25. The van der Waals surface area contributed by atoms with Crippen molar-refractivity contribution in [2.24, 2.45) is 11.7 Å². The van der Waals surface area contributed by atoms with Crippen molar-refractivity contribution in [2.45, 2.75) is 58.0 Å². The van der Waals surface area contributed by atoms with E-state index in [-0.39, 0.29) is 0 Å². The molecule has 106 valence electrons. The van der Waals surface area contributed by atoms with Gasteiger partial charge in [0, 0.05) is 12.1 Å². The van der Waals surface area contributed by atoms with Gasteiger partial charge in [-0.3, -0.25) is 0 Å². The quantitative estimate of drug-likeness (QED) is 0.831. The summed E-state index contributed by atoms with van der Waals surface area (Å²) in [5.41, 5.74) is 5.66. The largest absolute Gasteiger partial charge is 0.330 e. The molecule has 2 aliphatic rings. The first-order valence-corrected chi connectivity index (χ1v) is 7.89. The monoisotopic (exact) mass is 253 g/mol. The number of piperidine rings is 2. The normalized spacial score (nSPS) is 26.0. The lowest BCUT2D eigenvalue weighted by atomic mass is 9.91. The second kappa shape index (κ2) is 6.88. The van der Waals surface area contributed by atoms with Crippen LogP contribution in [0.2, 0.25) is 0 Å². The molecule has 2 heterocycles. The molecule has 0 amide bonds. The molecule has 2 aliphatic heterocycles. The average molecular weight is 253 g/mol. The minimum Gasteiger partial charge on any atom is -0.330 e. The third-order valence-electron chi connectivity index (χ3n) is 4.97. The molecule has 0 atom stereocenters. The van der Waals surface area contributed by atoms with Gasteiger partial charge in [0.15, 0.2) is 0 Å². The van der Waals surface area contributed by atoms with E-state index < -0.39 is 0 Å². The Labute approximate surface area is 113 Å². The lowest BCUT2D eigenvalue weighted by Crippen LogP contribution is -2.49. The van der Waals surface area contributed by atoms with E-state index in [4.69, 9.17) is 5.73 Å². The minimum atomic E-state index is 0.723. The van der Waals surface area contributed by atoms with Crippen LogP contribution >= 0.6 is 0 Å². The lowest BCUT2D eigenvalue weighted by molar-refractivity contribution is 0.0665. The third-order valence-corrected chi connectivity index (χ3v) is 4.97. The van der Waals surface area contributed by atoms with Crippen LogP contribution < -0.4 is 5.73 Å². The Bertz CT molecular complexity index is 226. The Morgan fingerprint density at radius 2 is 1.61 bits per heavy atom. The van der Waals surface area contributed by atoms with Crippen LogP contribution in [0, 0.1) is 5.92 Å². The van der Waals surface area contributed by atoms with Gasteiger partial charge in [-0.15, -0.1) is 0 Å². The Morgan fingerprint density at radius 3 is 2.11 bits per heavy atom. The van der Waals surface area contributed by atoms with E-state index in [0.29, 0.717) is 0 Å². The highest BCUT2D eigenvalue weighted by molar-refractivity contribution is 4.84. The van der Waals surface area contributed by atoms with Crippen LogP contribution in [0.3, 0.4) is 0 Å². The highest BCUT2D eigenvalue weighted by atomic mass is 15.2. The summed E-state index contributed by atoms with van der Waals surface area (Å²) in [6, 6.07) is 1.58. The number of hydrogen-bond acceptors (Lipinski definition) is 3. The summed E-state index contributed by atoms with van der Waals surface area (Å²) in [5, 5.41) is 0. The second-order valence-electron chi connectivity index (χ2n) is 6.42. The molecule has 0 aromatic carbocycles. The van der Waals surface area contributed by atoms with Gasteiger partial charge in [-0.05, 0) is 84.6 Å². The van der Waals surface area contributed by atoms with Crippen molar-refractivity contribution in [1.82, 2.24) is 9.80 Å². The van der Waals surface area contributed by atoms with Crippen molar-refractivity contribution >= 4 is 0 Å². The zero-order valence-electron chi connectivity index (χ0n) is 12.3. The first-order chi connectivity index (χ1) is 8.70. The van der Waals surface area contributed by atoms with Crippen LogP contribution in [0.25, 0.3) is 0 Å². The van der Waals surface area contributed by atoms with E-state index in [2.05, 4.69) is 23.6 Å². The molecule has 18 heavy (non-hydrogen) atoms. The second-order valence-corrected chi connectivity index (χ2v) is 6.42. The van der Waals surface area contributed by atoms with E-state index in [1.54, 1.807) is 0 Å². The van der Waals surface area contributed by atoms with E-state index in [1.807, 2.05) is 0 Å². The maximum absolute atomic E-state index is 5.66. The molecular weight excluding hydrogens is 222 g/mol. The first kappa shape index (κ1) is 14.3. The summed E-state index contributed by atoms with van der Waals surface area (Å²) in [4.78, 5) is 5.38. The zero-order valence-corrected chi connectivity index (χ0v) is 12.3. The Kier molecular flexibility index (Phi) is 5.46. The Hall–Kier alpha value is -0.120. The SMILES string of the molecule is CC(C)N1CCC(N2CCC(CCN)CC2)CC1. The summed E-state index contributed by atoms with van der Waals surface area (Å²) >= 11 is 0. The summed E-state index contributed by atoms with van der Waals surface area (Å²) < 4.78 is 0. The van der Waals surface area contributed by atoms with Gasteiger partial charge < -0.3 is 15.5 Å². The first-order valence-electron chi connectivity index (χ1n) is 7.89. The summed E-state index contributed by atoms with van der Waals surface area (Å²) in [6.45, 7) is 10.7. The predicted molar refractivity (Wildman–Crippen MR) is 77.7 cm³/mol. The molecular formula is C15H31N3. The van der Waals surface area contributed by atoms with E-state index in [9.17, 15) is 0 Å². The fraction of sp³-hybridized carbons (Fsp3) is 1.00. The van der Waals surface area contributed by atoms with Gasteiger partial charge >= 0.3 is 0 Å². The fourth-order valence-electron chi connectivity index (χ4n) is 3.61. The maximum Gasteiger partial charge on any atom is 0.0120 e.